The van der Waals surface area contributed by atoms with Crippen molar-refractivity contribution in [2.45, 2.75) is 11.8 Å². The Labute approximate surface area is 129 Å². The molecule has 0 fully saturated rings. The summed E-state index contributed by atoms with van der Waals surface area (Å²) in [7, 11) is 2.73. The number of amidine groups is 1. The van der Waals surface area contributed by atoms with Crippen LogP contribution < -0.4 is 9.47 Å². The van der Waals surface area contributed by atoms with Crippen LogP contribution in [0.15, 0.2) is 38.2 Å². The first-order valence-corrected chi connectivity index (χ1v) is 6.46. The van der Waals surface area contributed by atoms with Gasteiger partial charge < -0.3 is 9.47 Å². The molecule has 1 atom stereocenters. The van der Waals surface area contributed by atoms with Gasteiger partial charge in [-0.1, -0.05) is 6.07 Å². The number of fused-ring (bicyclic) bond motifs is 1. The maximum Gasteiger partial charge on any atom is 0.438 e. The highest BCUT2D eigenvalue weighted by molar-refractivity contribution is 6.65. The van der Waals surface area contributed by atoms with E-state index < -0.39 is 11.8 Å². The average Bonchev–Trinajstić information content (AvgIpc) is 3.00. The number of hydrogen-bond acceptors (Lipinski definition) is 6. The fourth-order valence-electron chi connectivity index (χ4n) is 2.28. The summed E-state index contributed by atoms with van der Waals surface area (Å²) in [6.45, 7) is 0. The van der Waals surface area contributed by atoms with E-state index in [9.17, 15) is 13.2 Å². The van der Waals surface area contributed by atoms with Crippen LogP contribution in [0.3, 0.4) is 0 Å². The number of aliphatic imine (C=N–C) groups is 4. The van der Waals surface area contributed by atoms with Crippen molar-refractivity contribution >= 4 is 24.1 Å². The fraction of sp³-hybridized carbons (Fsp3) is 0.286. The lowest BCUT2D eigenvalue weighted by Gasteiger charge is -2.31. The minimum atomic E-state index is -4.76. The average molecular weight is 324 g/mol. The SMILES string of the molecule is COc1ccc(C2(C(F)(F)F)N=CC3=NC=NC3=N2)cc1OC. The third-order valence-electron chi connectivity index (χ3n) is 3.43. The van der Waals surface area contributed by atoms with Gasteiger partial charge in [-0.25, -0.2) is 20.0 Å². The van der Waals surface area contributed by atoms with Gasteiger partial charge in [0.15, 0.2) is 17.3 Å². The largest absolute Gasteiger partial charge is 0.493 e. The molecular weight excluding hydrogens is 313 g/mol. The second kappa shape index (κ2) is 5.18. The molecular formula is C14H11F3N4O2. The van der Waals surface area contributed by atoms with E-state index in [4.69, 9.17) is 9.47 Å². The second-order valence-electron chi connectivity index (χ2n) is 4.69. The van der Waals surface area contributed by atoms with Crippen LogP contribution in [0.1, 0.15) is 5.56 Å². The maximum absolute atomic E-state index is 13.8. The van der Waals surface area contributed by atoms with Gasteiger partial charge in [0.25, 0.3) is 5.66 Å². The quantitative estimate of drug-likeness (QED) is 0.857. The van der Waals surface area contributed by atoms with Gasteiger partial charge in [-0.3, -0.25) is 0 Å². The molecule has 2 aliphatic rings. The van der Waals surface area contributed by atoms with Crippen molar-refractivity contribution in [3.63, 3.8) is 0 Å². The molecule has 9 heteroatoms. The van der Waals surface area contributed by atoms with Gasteiger partial charge in [0.1, 0.15) is 12.1 Å². The molecule has 0 spiro atoms. The first kappa shape index (κ1) is 15.2. The van der Waals surface area contributed by atoms with Gasteiger partial charge in [0, 0.05) is 5.56 Å². The minimum absolute atomic E-state index is 0.105. The smallest absolute Gasteiger partial charge is 0.438 e. The highest BCUT2D eigenvalue weighted by atomic mass is 19.4. The van der Waals surface area contributed by atoms with Crippen molar-refractivity contribution in [1.29, 1.82) is 0 Å². The van der Waals surface area contributed by atoms with Gasteiger partial charge in [0.2, 0.25) is 0 Å². The summed E-state index contributed by atoms with van der Waals surface area (Å²) in [4.78, 5) is 14.9. The van der Waals surface area contributed by atoms with Gasteiger partial charge in [0.05, 0.1) is 20.4 Å². The van der Waals surface area contributed by atoms with Crippen molar-refractivity contribution in [2.24, 2.45) is 20.0 Å². The number of benzene rings is 1. The summed E-state index contributed by atoms with van der Waals surface area (Å²) in [5.41, 5.74) is -2.79. The van der Waals surface area contributed by atoms with Crippen LogP contribution in [-0.4, -0.2) is 44.5 Å². The molecule has 6 nitrogen and oxygen atoms in total. The van der Waals surface area contributed by atoms with Crippen LogP contribution in [0.2, 0.25) is 0 Å². The Morgan fingerprint density at radius 2 is 1.83 bits per heavy atom. The van der Waals surface area contributed by atoms with E-state index in [1.807, 2.05) is 0 Å². The van der Waals surface area contributed by atoms with Crippen LogP contribution >= 0.6 is 0 Å². The number of methoxy groups -OCH3 is 2. The number of ether oxygens (including phenoxy) is 2. The molecule has 0 aliphatic carbocycles. The van der Waals surface area contributed by atoms with Gasteiger partial charge in [-0.15, -0.1) is 0 Å². The zero-order valence-corrected chi connectivity index (χ0v) is 12.1. The van der Waals surface area contributed by atoms with Crippen molar-refractivity contribution in [3.05, 3.63) is 23.8 Å². The molecule has 1 aromatic rings. The van der Waals surface area contributed by atoms with E-state index >= 15 is 0 Å². The monoisotopic (exact) mass is 324 g/mol. The number of alkyl halides is 3. The Balaban J connectivity index is 2.20. The van der Waals surface area contributed by atoms with E-state index in [-0.39, 0.29) is 22.9 Å². The summed E-state index contributed by atoms with van der Waals surface area (Å²) in [6.07, 6.45) is -2.60. The topological polar surface area (TPSA) is 67.9 Å². The highest BCUT2D eigenvalue weighted by Crippen LogP contribution is 2.46. The molecule has 2 aliphatic heterocycles. The summed E-state index contributed by atoms with van der Waals surface area (Å²) in [6, 6.07) is 3.82. The number of hydrogen-bond donors (Lipinski definition) is 0. The van der Waals surface area contributed by atoms with Crippen LogP contribution in [0.5, 0.6) is 11.5 Å². The third-order valence-corrected chi connectivity index (χ3v) is 3.43. The summed E-state index contributed by atoms with van der Waals surface area (Å²) < 4.78 is 51.4. The van der Waals surface area contributed by atoms with E-state index in [2.05, 4.69) is 20.0 Å². The molecule has 1 unspecified atom stereocenters. The molecule has 0 bridgehead atoms. The second-order valence-corrected chi connectivity index (χ2v) is 4.69. The lowest BCUT2D eigenvalue weighted by atomic mass is 9.97. The van der Waals surface area contributed by atoms with E-state index in [1.54, 1.807) is 0 Å². The van der Waals surface area contributed by atoms with Crippen LogP contribution in [0.25, 0.3) is 0 Å². The van der Waals surface area contributed by atoms with Crippen molar-refractivity contribution < 1.29 is 22.6 Å². The zero-order valence-electron chi connectivity index (χ0n) is 12.1. The van der Waals surface area contributed by atoms with Gasteiger partial charge in [-0.05, 0) is 12.1 Å². The molecule has 3 rings (SSSR count). The number of rotatable bonds is 3. The summed E-state index contributed by atoms with van der Waals surface area (Å²) >= 11 is 0. The Kier molecular flexibility index (Phi) is 3.42. The Hall–Kier alpha value is -2.71. The van der Waals surface area contributed by atoms with E-state index in [1.165, 1.54) is 32.4 Å². The molecule has 23 heavy (non-hydrogen) atoms. The predicted molar refractivity (Wildman–Crippen MR) is 79.1 cm³/mol. The molecule has 0 aromatic heterocycles. The molecule has 0 saturated carbocycles. The first-order valence-electron chi connectivity index (χ1n) is 6.46. The molecule has 1 aromatic carbocycles. The lowest BCUT2D eigenvalue weighted by Crippen LogP contribution is -2.43. The fourth-order valence-corrected chi connectivity index (χ4v) is 2.28. The number of halogens is 3. The molecule has 120 valence electrons. The standard InChI is InChI=1S/C14H11F3N4O2/c1-22-10-4-3-8(5-11(10)23-2)13(14(15,16)17)20-6-9-12(21-13)19-7-18-9/h3-7H,1-2H3. The molecule has 0 radical (unpaired) electrons. The van der Waals surface area contributed by atoms with Gasteiger partial charge in [-0.2, -0.15) is 13.2 Å². The number of nitrogens with zero attached hydrogens (tertiary/aromatic N) is 4. The van der Waals surface area contributed by atoms with Crippen LogP contribution in [0, 0.1) is 0 Å². The molecule has 2 heterocycles. The van der Waals surface area contributed by atoms with Crippen LogP contribution in [0.4, 0.5) is 13.2 Å². The van der Waals surface area contributed by atoms with Gasteiger partial charge >= 0.3 is 6.18 Å². The molecule has 0 N–H and O–H groups in total. The Bertz CT molecular complexity index is 768. The summed E-state index contributed by atoms with van der Waals surface area (Å²) in [5, 5.41) is 0. The normalized spacial score (nSPS) is 22.5. The van der Waals surface area contributed by atoms with E-state index in [0.717, 1.165) is 12.6 Å². The lowest BCUT2D eigenvalue weighted by molar-refractivity contribution is -0.186. The summed E-state index contributed by atoms with van der Waals surface area (Å²) in [5.74, 6) is 0.354. The molecule has 0 amide bonds. The Morgan fingerprint density at radius 3 is 2.48 bits per heavy atom. The minimum Gasteiger partial charge on any atom is -0.493 e. The Morgan fingerprint density at radius 1 is 1.09 bits per heavy atom. The highest BCUT2D eigenvalue weighted by Gasteiger charge is 2.58. The first-order chi connectivity index (χ1) is 10.9. The van der Waals surface area contributed by atoms with Crippen LogP contribution in [-0.2, 0) is 5.66 Å². The molecule has 0 saturated heterocycles. The maximum atomic E-state index is 13.8. The van der Waals surface area contributed by atoms with Crippen molar-refractivity contribution in [1.82, 2.24) is 0 Å². The van der Waals surface area contributed by atoms with E-state index in [0.29, 0.717) is 5.75 Å². The van der Waals surface area contributed by atoms with Crippen molar-refractivity contribution in [3.8, 4) is 11.5 Å². The zero-order chi connectivity index (χ0) is 16.7. The predicted octanol–water partition coefficient (Wildman–Crippen LogP) is 2.38. The third kappa shape index (κ3) is 2.28. The van der Waals surface area contributed by atoms with Crippen molar-refractivity contribution in [2.75, 3.05) is 14.2 Å².